The molecular weight excluding hydrogens is 202 g/mol. The van der Waals surface area contributed by atoms with Crippen molar-refractivity contribution in [1.29, 1.82) is 0 Å². The van der Waals surface area contributed by atoms with Crippen LogP contribution < -0.4 is 5.32 Å². The normalized spacial score (nSPS) is 13.3. The Morgan fingerprint density at radius 3 is 2.73 bits per heavy atom. The molecule has 0 radical (unpaired) electrons. The van der Waals surface area contributed by atoms with Crippen molar-refractivity contribution in [3.63, 3.8) is 0 Å². The average Bonchev–Trinajstić information content (AvgIpc) is 2.66. The first-order chi connectivity index (χ1) is 7.22. The van der Waals surface area contributed by atoms with Crippen LogP contribution in [0.1, 0.15) is 31.6 Å². The molecule has 0 saturated heterocycles. The maximum Gasteiger partial charge on any atom is 0.00453 e. The van der Waals surface area contributed by atoms with E-state index in [2.05, 4.69) is 43.7 Å². The second-order valence-electron chi connectivity index (χ2n) is 4.67. The van der Waals surface area contributed by atoms with Gasteiger partial charge in [-0.05, 0) is 56.1 Å². The van der Waals surface area contributed by atoms with Crippen LogP contribution in [0.25, 0.3) is 0 Å². The molecule has 1 N–H and O–H groups in total. The van der Waals surface area contributed by atoms with Gasteiger partial charge < -0.3 is 5.32 Å². The number of hydrogen-bond donors (Lipinski definition) is 1. The first kappa shape index (κ1) is 12.7. The Balaban J connectivity index is 2.30. The highest BCUT2D eigenvalue weighted by molar-refractivity contribution is 7.09. The first-order valence-corrected chi connectivity index (χ1v) is 6.77. The lowest BCUT2D eigenvalue weighted by Crippen LogP contribution is -2.20. The standard InChI is InChI=1S/C13H23NS/c1-11(2)9-12(10-14-3)6-7-13-5-4-8-15-13/h4-5,8,11-12,14H,6-7,9-10H2,1-3H3. The van der Waals surface area contributed by atoms with Gasteiger partial charge in [0.2, 0.25) is 0 Å². The highest BCUT2D eigenvalue weighted by Crippen LogP contribution is 2.19. The summed E-state index contributed by atoms with van der Waals surface area (Å²) in [5, 5.41) is 5.48. The predicted octanol–water partition coefficient (Wildman–Crippen LogP) is 3.56. The van der Waals surface area contributed by atoms with Crippen LogP contribution in [0, 0.1) is 11.8 Å². The second kappa shape index (κ2) is 7.02. The van der Waals surface area contributed by atoms with E-state index in [1.165, 1.54) is 24.1 Å². The summed E-state index contributed by atoms with van der Waals surface area (Å²) in [7, 11) is 2.05. The SMILES string of the molecule is CNCC(CCc1cccs1)CC(C)C. The van der Waals surface area contributed by atoms with E-state index in [9.17, 15) is 0 Å². The summed E-state index contributed by atoms with van der Waals surface area (Å²) < 4.78 is 0. The zero-order valence-electron chi connectivity index (χ0n) is 10.1. The molecule has 0 spiro atoms. The third-order valence-corrected chi connectivity index (χ3v) is 3.61. The fraction of sp³-hybridized carbons (Fsp3) is 0.692. The second-order valence-corrected chi connectivity index (χ2v) is 5.70. The lowest BCUT2D eigenvalue weighted by molar-refractivity contribution is 0.376. The Kier molecular flexibility index (Phi) is 5.96. The van der Waals surface area contributed by atoms with E-state index < -0.39 is 0 Å². The molecule has 0 bridgehead atoms. The van der Waals surface area contributed by atoms with Crippen molar-refractivity contribution in [3.8, 4) is 0 Å². The lowest BCUT2D eigenvalue weighted by atomic mass is 9.92. The molecule has 1 rings (SSSR count). The van der Waals surface area contributed by atoms with Crippen molar-refractivity contribution in [3.05, 3.63) is 22.4 Å². The molecule has 1 aromatic rings. The fourth-order valence-electron chi connectivity index (χ4n) is 2.06. The Hall–Kier alpha value is -0.340. The van der Waals surface area contributed by atoms with E-state index in [4.69, 9.17) is 0 Å². The molecule has 0 aliphatic rings. The summed E-state index contributed by atoms with van der Waals surface area (Å²) in [5.41, 5.74) is 0. The Morgan fingerprint density at radius 1 is 1.40 bits per heavy atom. The molecule has 1 aromatic heterocycles. The molecule has 0 aromatic carbocycles. The molecule has 2 heteroatoms. The maximum absolute atomic E-state index is 3.31. The zero-order chi connectivity index (χ0) is 11.1. The third kappa shape index (κ3) is 5.33. The van der Waals surface area contributed by atoms with Crippen LogP contribution in [0.5, 0.6) is 0 Å². The van der Waals surface area contributed by atoms with Gasteiger partial charge in [0.15, 0.2) is 0 Å². The van der Waals surface area contributed by atoms with E-state index in [1.54, 1.807) is 0 Å². The fourth-order valence-corrected chi connectivity index (χ4v) is 2.78. The third-order valence-electron chi connectivity index (χ3n) is 2.68. The van der Waals surface area contributed by atoms with E-state index >= 15 is 0 Å². The minimum atomic E-state index is 0.812. The molecule has 0 saturated carbocycles. The van der Waals surface area contributed by atoms with Gasteiger partial charge in [-0.15, -0.1) is 11.3 Å². The quantitative estimate of drug-likeness (QED) is 0.748. The summed E-state index contributed by atoms with van der Waals surface area (Å²) in [6.07, 6.45) is 3.91. The van der Waals surface area contributed by atoms with Gasteiger partial charge >= 0.3 is 0 Å². The van der Waals surface area contributed by atoms with Crippen LogP contribution in [-0.2, 0) is 6.42 Å². The van der Waals surface area contributed by atoms with E-state index in [0.717, 1.165) is 18.4 Å². The van der Waals surface area contributed by atoms with Crippen LogP contribution >= 0.6 is 11.3 Å². The van der Waals surface area contributed by atoms with E-state index in [0.29, 0.717) is 0 Å². The van der Waals surface area contributed by atoms with Crippen molar-refractivity contribution in [2.75, 3.05) is 13.6 Å². The molecule has 0 fully saturated rings. The number of nitrogens with one attached hydrogen (secondary N) is 1. The predicted molar refractivity (Wildman–Crippen MR) is 69.5 cm³/mol. The molecule has 15 heavy (non-hydrogen) atoms. The summed E-state index contributed by atoms with van der Waals surface area (Å²) >= 11 is 1.88. The molecule has 1 nitrogen and oxygen atoms in total. The molecule has 0 aliphatic carbocycles. The monoisotopic (exact) mass is 225 g/mol. The number of rotatable bonds is 7. The first-order valence-electron chi connectivity index (χ1n) is 5.89. The summed E-state index contributed by atoms with van der Waals surface area (Å²) in [5.74, 6) is 1.64. The molecule has 0 amide bonds. The van der Waals surface area contributed by atoms with Gasteiger partial charge in [0, 0.05) is 4.88 Å². The van der Waals surface area contributed by atoms with Crippen molar-refractivity contribution in [2.24, 2.45) is 11.8 Å². The Bertz CT molecular complexity index is 241. The van der Waals surface area contributed by atoms with E-state index in [-0.39, 0.29) is 0 Å². The summed E-state index contributed by atoms with van der Waals surface area (Å²) in [6.45, 7) is 5.78. The highest BCUT2D eigenvalue weighted by Gasteiger charge is 2.10. The van der Waals surface area contributed by atoms with Crippen molar-refractivity contribution < 1.29 is 0 Å². The Morgan fingerprint density at radius 2 is 2.20 bits per heavy atom. The van der Waals surface area contributed by atoms with Crippen LogP contribution in [0.2, 0.25) is 0 Å². The Labute approximate surface area is 97.9 Å². The van der Waals surface area contributed by atoms with Crippen molar-refractivity contribution in [2.45, 2.75) is 33.1 Å². The van der Waals surface area contributed by atoms with Crippen molar-refractivity contribution >= 4 is 11.3 Å². The van der Waals surface area contributed by atoms with Crippen LogP contribution in [-0.4, -0.2) is 13.6 Å². The molecule has 1 unspecified atom stereocenters. The number of aryl methyl sites for hydroxylation is 1. The largest absolute Gasteiger partial charge is 0.319 e. The average molecular weight is 225 g/mol. The minimum absolute atomic E-state index is 0.812. The van der Waals surface area contributed by atoms with Gasteiger partial charge in [0.05, 0.1) is 0 Å². The number of hydrogen-bond acceptors (Lipinski definition) is 2. The van der Waals surface area contributed by atoms with Gasteiger partial charge in [0.25, 0.3) is 0 Å². The number of thiophene rings is 1. The van der Waals surface area contributed by atoms with Gasteiger partial charge in [-0.3, -0.25) is 0 Å². The van der Waals surface area contributed by atoms with Crippen LogP contribution in [0.4, 0.5) is 0 Å². The molecule has 0 aliphatic heterocycles. The van der Waals surface area contributed by atoms with Gasteiger partial charge in [0.1, 0.15) is 0 Å². The van der Waals surface area contributed by atoms with Gasteiger partial charge in [-0.1, -0.05) is 19.9 Å². The summed E-state index contributed by atoms with van der Waals surface area (Å²) in [4.78, 5) is 1.53. The molecular formula is C13H23NS. The maximum atomic E-state index is 3.31. The highest BCUT2D eigenvalue weighted by atomic mass is 32.1. The van der Waals surface area contributed by atoms with Gasteiger partial charge in [-0.2, -0.15) is 0 Å². The minimum Gasteiger partial charge on any atom is -0.319 e. The molecule has 1 heterocycles. The summed E-state index contributed by atoms with van der Waals surface area (Å²) in [6, 6.07) is 4.39. The van der Waals surface area contributed by atoms with Gasteiger partial charge in [-0.25, -0.2) is 0 Å². The smallest absolute Gasteiger partial charge is 0.00453 e. The topological polar surface area (TPSA) is 12.0 Å². The molecule has 86 valence electrons. The molecule has 1 atom stereocenters. The van der Waals surface area contributed by atoms with Crippen LogP contribution in [0.15, 0.2) is 17.5 Å². The lowest BCUT2D eigenvalue weighted by Gasteiger charge is -2.18. The van der Waals surface area contributed by atoms with E-state index in [1.807, 2.05) is 11.3 Å². The zero-order valence-corrected chi connectivity index (χ0v) is 10.9. The van der Waals surface area contributed by atoms with Crippen LogP contribution in [0.3, 0.4) is 0 Å². The van der Waals surface area contributed by atoms with Crippen molar-refractivity contribution in [1.82, 2.24) is 5.32 Å².